The van der Waals surface area contributed by atoms with E-state index in [0.29, 0.717) is 11.9 Å². The molecule has 0 radical (unpaired) electrons. The van der Waals surface area contributed by atoms with Gasteiger partial charge >= 0.3 is 0 Å². The zero-order chi connectivity index (χ0) is 14.5. The molecule has 0 saturated carbocycles. The molecule has 2 aromatic heterocycles. The van der Waals surface area contributed by atoms with Gasteiger partial charge in [-0.05, 0) is 12.5 Å². The molecule has 1 fully saturated rings. The summed E-state index contributed by atoms with van der Waals surface area (Å²) < 4.78 is 1.67. The Labute approximate surface area is 128 Å². The SMILES string of the molecule is CCCNc1nc(N2CCSCC2)nc(-n2cccn2)n1. The molecule has 0 atom stereocenters. The number of rotatable bonds is 5. The lowest BCUT2D eigenvalue weighted by molar-refractivity contribution is 0.758. The van der Waals surface area contributed by atoms with Crippen molar-refractivity contribution in [1.29, 1.82) is 0 Å². The van der Waals surface area contributed by atoms with Crippen LogP contribution in [0.4, 0.5) is 11.9 Å². The highest BCUT2D eigenvalue weighted by Gasteiger charge is 2.17. The number of nitrogens with zero attached hydrogens (tertiary/aromatic N) is 6. The Balaban J connectivity index is 1.92. The molecule has 7 nitrogen and oxygen atoms in total. The average molecular weight is 305 g/mol. The first kappa shape index (κ1) is 14.1. The summed E-state index contributed by atoms with van der Waals surface area (Å²) in [5, 5.41) is 7.45. The minimum atomic E-state index is 0.557. The van der Waals surface area contributed by atoms with Crippen molar-refractivity contribution in [3.05, 3.63) is 18.5 Å². The normalized spacial score (nSPS) is 15.2. The van der Waals surface area contributed by atoms with Crippen LogP contribution in [0.3, 0.4) is 0 Å². The number of thioether (sulfide) groups is 1. The fourth-order valence-corrected chi connectivity index (χ4v) is 2.97. The molecule has 1 aliphatic heterocycles. The lowest BCUT2D eigenvalue weighted by Crippen LogP contribution is -2.34. The average Bonchev–Trinajstić information content (AvgIpc) is 3.08. The summed E-state index contributed by atoms with van der Waals surface area (Å²) in [6.07, 6.45) is 4.59. The second kappa shape index (κ2) is 6.75. The Morgan fingerprint density at radius 3 is 2.71 bits per heavy atom. The van der Waals surface area contributed by atoms with E-state index in [1.54, 1.807) is 10.9 Å². The van der Waals surface area contributed by atoms with Crippen LogP contribution >= 0.6 is 11.8 Å². The van der Waals surface area contributed by atoms with Crippen LogP contribution in [0, 0.1) is 0 Å². The highest BCUT2D eigenvalue weighted by molar-refractivity contribution is 7.99. The van der Waals surface area contributed by atoms with Crippen LogP contribution in [0.2, 0.25) is 0 Å². The lowest BCUT2D eigenvalue weighted by Gasteiger charge is -2.26. The summed E-state index contributed by atoms with van der Waals surface area (Å²) in [5.74, 6) is 4.13. The highest BCUT2D eigenvalue weighted by atomic mass is 32.2. The van der Waals surface area contributed by atoms with Crippen molar-refractivity contribution in [3.8, 4) is 5.95 Å². The van der Waals surface area contributed by atoms with E-state index in [0.717, 1.165) is 43.5 Å². The Morgan fingerprint density at radius 2 is 2.00 bits per heavy atom. The summed E-state index contributed by atoms with van der Waals surface area (Å²) in [6, 6.07) is 1.86. The molecule has 3 rings (SSSR count). The van der Waals surface area contributed by atoms with E-state index >= 15 is 0 Å². The summed E-state index contributed by atoms with van der Waals surface area (Å²) in [7, 11) is 0. The van der Waals surface area contributed by atoms with Crippen molar-refractivity contribution >= 4 is 23.7 Å². The van der Waals surface area contributed by atoms with Gasteiger partial charge in [0.1, 0.15) is 0 Å². The van der Waals surface area contributed by atoms with E-state index < -0.39 is 0 Å². The summed E-state index contributed by atoms with van der Waals surface area (Å²) in [4.78, 5) is 15.8. The van der Waals surface area contributed by atoms with Crippen LogP contribution in [-0.4, -0.2) is 55.9 Å². The van der Waals surface area contributed by atoms with Crippen molar-refractivity contribution in [2.75, 3.05) is 41.4 Å². The zero-order valence-corrected chi connectivity index (χ0v) is 12.9. The molecule has 2 aromatic rings. The van der Waals surface area contributed by atoms with Gasteiger partial charge in [-0.1, -0.05) is 6.92 Å². The topological polar surface area (TPSA) is 71.8 Å². The molecule has 21 heavy (non-hydrogen) atoms. The van der Waals surface area contributed by atoms with E-state index in [9.17, 15) is 0 Å². The predicted molar refractivity (Wildman–Crippen MR) is 85.3 cm³/mol. The molecule has 8 heteroatoms. The summed E-state index contributed by atoms with van der Waals surface area (Å²) in [6.45, 7) is 4.91. The van der Waals surface area contributed by atoms with Crippen LogP contribution in [0.15, 0.2) is 18.5 Å². The third-order valence-electron chi connectivity index (χ3n) is 3.15. The number of anilines is 2. The molecule has 0 bridgehead atoms. The second-order valence-corrected chi connectivity index (χ2v) is 5.96. The van der Waals surface area contributed by atoms with E-state index in [-0.39, 0.29) is 0 Å². The molecule has 0 aliphatic carbocycles. The first-order valence-corrected chi connectivity index (χ1v) is 8.35. The van der Waals surface area contributed by atoms with E-state index in [4.69, 9.17) is 0 Å². The quantitative estimate of drug-likeness (QED) is 0.896. The first-order valence-electron chi connectivity index (χ1n) is 7.19. The van der Waals surface area contributed by atoms with Crippen LogP contribution < -0.4 is 10.2 Å². The molecule has 0 unspecified atom stereocenters. The lowest BCUT2D eigenvalue weighted by atomic mass is 10.5. The molecule has 1 saturated heterocycles. The number of hydrogen-bond donors (Lipinski definition) is 1. The number of hydrogen-bond acceptors (Lipinski definition) is 7. The van der Waals surface area contributed by atoms with Crippen molar-refractivity contribution < 1.29 is 0 Å². The fourth-order valence-electron chi connectivity index (χ4n) is 2.06. The molecular formula is C13H19N7S. The van der Waals surface area contributed by atoms with Crippen molar-refractivity contribution in [1.82, 2.24) is 24.7 Å². The van der Waals surface area contributed by atoms with E-state index in [1.807, 2.05) is 24.0 Å². The van der Waals surface area contributed by atoms with Crippen LogP contribution in [-0.2, 0) is 0 Å². The van der Waals surface area contributed by atoms with Gasteiger partial charge in [0.25, 0.3) is 5.95 Å². The summed E-state index contributed by atoms with van der Waals surface area (Å²) >= 11 is 1.97. The van der Waals surface area contributed by atoms with Crippen LogP contribution in [0.1, 0.15) is 13.3 Å². The molecule has 112 valence electrons. The van der Waals surface area contributed by atoms with Crippen molar-refractivity contribution in [3.63, 3.8) is 0 Å². The Hall–Kier alpha value is -1.83. The molecule has 1 aliphatic rings. The fraction of sp³-hybridized carbons (Fsp3) is 0.538. The van der Waals surface area contributed by atoms with Gasteiger partial charge in [0.15, 0.2) is 0 Å². The molecule has 0 spiro atoms. The Bertz CT molecular complexity index is 566. The van der Waals surface area contributed by atoms with Gasteiger partial charge in [0, 0.05) is 43.5 Å². The van der Waals surface area contributed by atoms with Gasteiger partial charge < -0.3 is 10.2 Å². The van der Waals surface area contributed by atoms with Crippen molar-refractivity contribution in [2.45, 2.75) is 13.3 Å². The van der Waals surface area contributed by atoms with E-state index in [2.05, 4.69) is 37.2 Å². The first-order chi connectivity index (χ1) is 10.4. The Morgan fingerprint density at radius 1 is 1.19 bits per heavy atom. The predicted octanol–water partition coefficient (Wildman–Crippen LogP) is 1.43. The molecule has 1 N–H and O–H groups in total. The van der Waals surface area contributed by atoms with Gasteiger partial charge in [-0.3, -0.25) is 0 Å². The minimum absolute atomic E-state index is 0.557. The van der Waals surface area contributed by atoms with Gasteiger partial charge in [-0.15, -0.1) is 0 Å². The number of nitrogens with one attached hydrogen (secondary N) is 1. The maximum atomic E-state index is 4.56. The highest BCUT2D eigenvalue weighted by Crippen LogP contribution is 2.17. The van der Waals surface area contributed by atoms with Gasteiger partial charge in [0.2, 0.25) is 11.9 Å². The monoisotopic (exact) mass is 305 g/mol. The van der Waals surface area contributed by atoms with Gasteiger partial charge in [-0.25, -0.2) is 4.68 Å². The molecular weight excluding hydrogens is 286 g/mol. The van der Waals surface area contributed by atoms with E-state index in [1.165, 1.54) is 0 Å². The van der Waals surface area contributed by atoms with Crippen LogP contribution in [0.25, 0.3) is 5.95 Å². The zero-order valence-electron chi connectivity index (χ0n) is 12.1. The maximum Gasteiger partial charge on any atom is 0.257 e. The van der Waals surface area contributed by atoms with Crippen LogP contribution in [0.5, 0.6) is 0 Å². The molecule has 3 heterocycles. The minimum Gasteiger partial charge on any atom is -0.354 e. The largest absolute Gasteiger partial charge is 0.354 e. The van der Waals surface area contributed by atoms with Gasteiger partial charge in [-0.2, -0.15) is 31.8 Å². The Kier molecular flexibility index (Phi) is 4.54. The number of aromatic nitrogens is 5. The van der Waals surface area contributed by atoms with Gasteiger partial charge in [0.05, 0.1) is 0 Å². The second-order valence-electron chi connectivity index (χ2n) is 4.74. The third-order valence-corrected chi connectivity index (χ3v) is 4.09. The smallest absolute Gasteiger partial charge is 0.257 e. The summed E-state index contributed by atoms with van der Waals surface area (Å²) in [5.41, 5.74) is 0. The third kappa shape index (κ3) is 3.44. The maximum absolute atomic E-state index is 4.56. The molecule has 0 amide bonds. The molecule has 0 aromatic carbocycles. The van der Waals surface area contributed by atoms with Crippen molar-refractivity contribution in [2.24, 2.45) is 0 Å². The standard InChI is InChI=1S/C13H19N7S/c1-2-4-14-11-16-12(19-7-9-21-10-8-19)18-13(17-11)20-6-3-5-15-20/h3,5-6H,2,4,7-10H2,1H3,(H,14,16,17,18).